The number of methoxy groups -OCH3 is 1. The van der Waals surface area contributed by atoms with E-state index in [9.17, 15) is 4.79 Å². The first-order valence-electron chi connectivity index (χ1n) is 5.59. The molecule has 0 saturated carbocycles. The molecule has 20 heavy (non-hydrogen) atoms. The Labute approximate surface area is 127 Å². The molecular weight excluding hydrogens is 301 g/mol. The number of nitrogens with one attached hydrogen (secondary N) is 1. The maximum absolute atomic E-state index is 11.3. The zero-order valence-electron chi connectivity index (χ0n) is 10.6. The third-order valence-electron chi connectivity index (χ3n) is 2.92. The van der Waals surface area contributed by atoms with Gasteiger partial charge in [-0.25, -0.2) is 0 Å². The third-order valence-corrected chi connectivity index (χ3v) is 3.23. The summed E-state index contributed by atoms with van der Waals surface area (Å²) in [5.74, 6) is -0.469. The van der Waals surface area contributed by atoms with Crippen LogP contribution in [0.2, 0.25) is 5.02 Å². The van der Waals surface area contributed by atoms with Gasteiger partial charge in [0.25, 0.3) is 0 Å². The molecule has 1 atom stereocenters. The van der Waals surface area contributed by atoms with Gasteiger partial charge in [0.05, 0.1) is 17.7 Å². The molecule has 0 saturated heterocycles. The van der Waals surface area contributed by atoms with Crippen molar-refractivity contribution in [2.24, 2.45) is 5.73 Å². The first kappa shape index (κ1) is 16.3. The number of benzene rings is 1. The molecule has 0 fully saturated rings. The van der Waals surface area contributed by atoms with E-state index in [1.165, 1.54) is 7.11 Å². The van der Waals surface area contributed by atoms with E-state index in [1.54, 1.807) is 18.3 Å². The SMILES string of the molecule is COC(=O)C(N)Cc1c[nH]c2cc(Cl)c(C#N)cc12.Cl. The normalized spacial score (nSPS) is 11.5. The van der Waals surface area contributed by atoms with Crippen LogP contribution in [-0.2, 0) is 16.0 Å². The molecule has 1 aromatic heterocycles. The number of ether oxygens (including phenoxy) is 1. The van der Waals surface area contributed by atoms with Crippen molar-refractivity contribution in [2.75, 3.05) is 7.11 Å². The summed E-state index contributed by atoms with van der Waals surface area (Å²) in [6.07, 6.45) is 2.09. The van der Waals surface area contributed by atoms with Crippen LogP contribution in [0, 0.1) is 11.3 Å². The fourth-order valence-corrected chi connectivity index (χ4v) is 2.13. The summed E-state index contributed by atoms with van der Waals surface area (Å²) >= 11 is 5.95. The van der Waals surface area contributed by atoms with Gasteiger partial charge in [-0.1, -0.05) is 11.6 Å². The highest BCUT2D eigenvalue weighted by Gasteiger charge is 2.17. The molecule has 1 unspecified atom stereocenters. The molecule has 5 nitrogen and oxygen atoms in total. The van der Waals surface area contributed by atoms with Crippen molar-refractivity contribution < 1.29 is 9.53 Å². The van der Waals surface area contributed by atoms with Crippen LogP contribution >= 0.6 is 24.0 Å². The molecule has 0 aliphatic rings. The zero-order valence-corrected chi connectivity index (χ0v) is 12.2. The van der Waals surface area contributed by atoms with Crippen LogP contribution in [0.15, 0.2) is 18.3 Å². The highest BCUT2D eigenvalue weighted by Crippen LogP contribution is 2.26. The Bertz CT molecular complexity index is 676. The number of hydrogen-bond donors (Lipinski definition) is 2. The van der Waals surface area contributed by atoms with E-state index in [-0.39, 0.29) is 12.4 Å². The lowest BCUT2D eigenvalue weighted by Gasteiger charge is -2.08. The Hall–Kier alpha value is -1.74. The molecule has 2 aromatic rings. The van der Waals surface area contributed by atoms with E-state index in [0.29, 0.717) is 17.0 Å². The molecule has 7 heteroatoms. The first-order chi connectivity index (χ1) is 9.06. The predicted octanol–water partition coefficient (Wildman–Crippen LogP) is 2.16. The summed E-state index contributed by atoms with van der Waals surface area (Å²) in [4.78, 5) is 14.4. The number of esters is 1. The van der Waals surface area contributed by atoms with Gasteiger partial charge in [-0.2, -0.15) is 5.26 Å². The Morgan fingerprint density at radius 2 is 2.30 bits per heavy atom. The fraction of sp³-hybridized carbons (Fsp3) is 0.231. The number of rotatable bonds is 3. The molecule has 0 amide bonds. The van der Waals surface area contributed by atoms with Crippen molar-refractivity contribution in [3.8, 4) is 6.07 Å². The minimum absolute atomic E-state index is 0. The number of aromatic nitrogens is 1. The average molecular weight is 314 g/mol. The smallest absolute Gasteiger partial charge is 0.322 e. The van der Waals surface area contributed by atoms with Crippen molar-refractivity contribution >= 4 is 40.9 Å². The van der Waals surface area contributed by atoms with Crippen LogP contribution in [0.25, 0.3) is 10.9 Å². The van der Waals surface area contributed by atoms with Crippen LogP contribution in [-0.4, -0.2) is 24.1 Å². The van der Waals surface area contributed by atoms with Gasteiger partial charge < -0.3 is 15.5 Å². The number of aromatic amines is 1. The van der Waals surface area contributed by atoms with Crippen LogP contribution in [0.5, 0.6) is 0 Å². The van der Waals surface area contributed by atoms with Crippen molar-refractivity contribution in [2.45, 2.75) is 12.5 Å². The Balaban J connectivity index is 0.00000200. The minimum Gasteiger partial charge on any atom is -0.468 e. The molecule has 0 aliphatic carbocycles. The highest BCUT2D eigenvalue weighted by molar-refractivity contribution is 6.32. The van der Waals surface area contributed by atoms with E-state index in [4.69, 9.17) is 22.6 Å². The number of nitriles is 1. The van der Waals surface area contributed by atoms with Crippen molar-refractivity contribution in [1.82, 2.24) is 4.98 Å². The van der Waals surface area contributed by atoms with Gasteiger partial charge in [0, 0.05) is 23.5 Å². The topological polar surface area (TPSA) is 91.9 Å². The average Bonchev–Trinajstić information content (AvgIpc) is 2.78. The monoisotopic (exact) mass is 313 g/mol. The van der Waals surface area contributed by atoms with Gasteiger partial charge in [-0.15, -0.1) is 12.4 Å². The summed E-state index contributed by atoms with van der Waals surface area (Å²) in [5, 5.41) is 10.2. The lowest BCUT2D eigenvalue weighted by Crippen LogP contribution is -2.33. The summed E-state index contributed by atoms with van der Waals surface area (Å²) in [5.41, 5.74) is 7.77. The molecular formula is C13H13Cl2N3O2. The molecule has 0 spiro atoms. The lowest BCUT2D eigenvalue weighted by atomic mass is 10.0. The van der Waals surface area contributed by atoms with Gasteiger partial charge in [-0.05, 0) is 17.7 Å². The number of nitrogens with zero attached hydrogens (tertiary/aromatic N) is 1. The number of carbonyl (C=O) groups is 1. The molecule has 2 rings (SSSR count). The molecule has 1 aromatic carbocycles. The maximum Gasteiger partial charge on any atom is 0.322 e. The van der Waals surface area contributed by atoms with E-state index in [1.807, 2.05) is 6.07 Å². The second-order valence-electron chi connectivity index (χ2n) is 4.14. The van der Waals surface area contributed by atoms with Gasteiger partial charge in [0.15, 0.2) is 0 Å². The molecule has 1 heterocycles. The van der Waals surface area contributed by atoms with E-state index < -0.39 is 12.0 Å². The fourth-order valence-electron chi connectivity index (χ4n) is 1.93. The number of halogens is 2. The van der Waals surface area contributed by atoms with E-state index >= 15 is 0 Å². The van der Waals surface area contributed by atoms with Crippen LogP contribution in [0.4, 0.5) is 0 Å². The van der Waals surface area contributed by atoms with Crippen molar-refractivity contribution in [1.29, 1.82) is 5.26 Å². The predicted molar refractivity (Wildman–Crippen MR) is 79.0 cm³/mol. The molecule has 0 bridgehead atoms. The largest absolute Gasteiger partial charge is 0.468 e. The highest BCUT2D eigenvalue weighted by atomic mass is 35.5. The Kier molecular flexibility index (Phi) is 5.40. The van der Waals surface area contributed by atoms with Crippen molar-refractivity contribution in [3.63, 3.8) is 0 Å². The summed E-state index contributed by atoms with van der Waals surface area (Å²) in [7, 11) is 1.30. The zero-order chi connectivity index (χ0) is 14.0. The lowest BCUT2D eigenvalue weighted by molar-refractivity contribution is -0.142. The molecule has 0 radical (unpaired) electrons. The third kappa shape index (κ3) is 3.05. The number of hydrogen-bond acceptors (Lipinski definition) is 4. The number of H-pyrrole nitrogens is 1. The van der Waals surface area contributed by atoms with Crippen LogP contribution in [0.1, 0.15) is 11.1 Å². The number of carbonyl (C=O) groups excluding carboxylic acids is 1. The van der Waals surface area contributed by atoms with Gasteiger partial charge in [-0.3, -0.25) is 4.79 Å². The quantitative estimate of drug-likeness (QED) is 0.849. The standard InChI is InChI=1S/C13H12ClN3O2.ClH/c1-19-13(18)11(16)3-8-6-17-12-4-10(14)7(5-15)2-9(8)12;/h2,4,6,11,17H,3,16H2,1H3;1H. The summed E-state index contributed by atoms with van der Waals surface area (Å²) in [6, 6.07) is 4.66. The minimum atomic E-state index is -0.731. The second kappa shape index (κ2) is 6.62. The van der Waals surface area contributed by atoms with E-state index in [2.05, 4.69) is 9.72 Å². The van der Waals surface area contributed by atoms with Gasteiger partial charge in [0.2, 0.25) is 0 Å². The van der Waals surface area contributed by atoms with Crippen LogP contribution < -0.4 is 5.73 Å². The van der Waals surface area contributed by atoms with Gasteiger partial charge in [0.1, 0.15) is 12.1 Å². The molecule has 0 aliphatic heterocycles. The first-order valence-corrected chi connectivity index (χ1v) is 5.97. The summed E-state index contributed by atoms with van der Waals surface area (Å²) in [6.45, 7) is 0. The maximum atomic E-state index is 11.3. The van der Waals surface area contributed by atoms with Crippen LogP contribution in [0.3, 0.4) is 0 Å². The van der Waals surface area contributed by atoms with Gasteiger partial charge >= 0.3 is 5.97 Å². The number of nitrogens with two attached hydrogens (primary N) is 1. The number of fused-ring (bicyclic) bond motifs is 1. The molecule has 3 N–H and O–H groups in total. The van der Waals surface area contributed by atoms with E-state index in [0.717, 1.165) is 16.5 Å². The second-order valence-corrected chi connectivity index (χ2v) is 4.54. The molecule has 106 valence electrons. The Morgan fingerprint density at radius 1 is 1.60 bits per heavy atom. The summed E-state index contributed by atoms with van der Waals surface area (Å²) < 4.78 is 4.59. The van der Waals surface area contributed by atoms with Crippen molar-refractivity contribution in [3.05, 3.63) is 34.5 Å². The Morgan fingerprint density at radius 3 is 2.90 bits per heavy atom.